The smallest absolute Gasteiger partial charge is 0.00158 e. The van der Waals surface area contributed by atoms with Gasteiger partial charge in [0.25, 0.3) is 0 Å². The van der Waals surface area contributed by atoms with Crippen LogP contribution in [0.1, 0.15) is 58.8 Å². The first-order chi connectivity index (χ1) is 7.35. The van der Waals surface area contributed by atoms with Crippen molar-refractivity contribution in [1.29, 1.82) is 0 Å². The largest absolute Gasteiger partial charge is 0.303 e. The maximum absolute atomic E-state index is 3.78. The summed E-state index contributed by atoms with van der Waals surface area (Å²) in [6.07, 6.45) is 11.2. The van der Waals surface area contributed by atoms with Crippen molar-refractivity contribution >= 4 is 0 Å². The van der Waals surface area contributed by atoms with Crippen LogP contribution in [-0.4, -0.2) is 24.5 Å². The van der Waals surface area contributed by atoms with Crippen LogP contribution >= 0.6 is 0 Å². The van der Waals surface area contributed by atoms with Crippen LogP contribution < -0.4 is 0 Å². The van der Waals surface area contributed by atoms with Crippen molar-refractivity contribution in [1.82, 2.24) is 4.90 Å². The van der Waals surface area contributed by atoms with E-state index in [4.69, 9.17) is 0 Å². The molecule has 0 saturated carbocycles. The van der Waals surface area contributed by atoms with Gasteiger partial charge in [-0.2, -0.15) is 0 Å². The highest BCUT2D eigenvalue weighted by Gasteiger charge is 2.02. The lowest BCUT2D eigenvalue weighted by atomic mass is 10.2. The molecule has 0 aliphatic carbocycles. The first kappa shape index (κ1) is 14.7. The van der Waals surface area contributed by atoms with E-state index in [9.17, 15) is 0 Å². The molecule has 0 unspecified atom stereocenters. The second-order valence-electron chi connectivity index (χ2n) is 4.33. The number of rotatable bonds is 11. The van der Waals surface area contributed by atoms with Gasteiger partial charge in [0.2, 0.25) is 0 Å². The number of hydrogen-bond donors (Lipinski definition) is 0. The Kier molecular flexibility index (Phi) is 11.5. The Morgan fingerprint density at radius 2 is 1.47 bits per heavy atom. The van der Waals surface area contributed by atoms with Crippen LogP contribution in [0.3, 0.4) is 0 Å². The number of unbranched alkanes of at least 4 members (excludes halogenated alkanes) is 4. The molecule has 0 bridgehead atoms. The van der Waals surface area contributed by atoms with E-state index >= 15 is 0 Å². The van der Waals surface area contributed by atoms with Gasteiger partial charge in [-0.1, -0.05) is 39.2 Å². The molecule has 0 atom stereocenters. The van der Waals surface area contributed by atoms with Gasteiger partial charge in [-0.25, -0.2) is 0 Å². The fourth-order valence-electron chi connectivity index (χ4n) is 1.76. The molecule has 15 heavy (non-hydrogen) atoms. The zero-order valence-corrected chi connectivity index (χ0v) is 10.8. The van der Waals surface area contributed by atoms with Crippen LogP contribution in [0.15, 0.2) is 12.7 Å². The molecule has 0 aliphatic heterocycles. The lowest BCUT2D eigenvalue weighted by Gasteiger charge is -2.21. The molecule has 0 N–H and O–H groups in total. The summed E-state index contributed by atoms with van der Waals surface area (Å²) < 4.78 is 0. The summed E-state index contributed by atoms with van der Waals surface area (Å²) in [4.78, 5) is 2.63. The first-order valence-corrected chi connectivity index (χ1v) is 6.68. The van der Waals surface area contributed by atoms with Crippen LogP contribution in [0, 0.1) is 0 Å². The molecule has 0 aromatic heterocycles. The number of nitrogens with zero attached hydrogens (tertiary/aromatic N) is 1. The van der Waals surface area contributed by atoms with Crippen LogP contribution in [-0.2, 0) is 0 Å². The zero-order valence-electron chi connectivity index (χ0n) is 10.8. The molecule has 0 amide bonds. The first-order valence-electron chi connectivity index (χ1n) is 6.68. The van der Waals surface area contributed by atoms with Crippen LogP contribution in [0.4, 0.5) is 0 Å². The summed E-state index contributed by atoms with van der Waals surface area (Å²) in [5.41, 5.74) is 0. The number of hydrogen-bond acceptors (Lipinski definition) is 1. The predicted molar refractivity (Wildman–Crippen MR) is 70.3 cm³/mol. The van der Waals surface area contributed by atoms with E-state index in [2.05, 4.69) is 25.3 Å². The minimum Gasteiger partial charge on any atom is -0.303 e. The normalized spacial score (nSPS) is 10.9. The van der Waals surface area contributed by atoms with E-state index in [1.807, 2.05) is 6.08 Å². The molecule has 0 heterocycles. The lowest BCUT2D eigenvalue weighted by molar-refractivity contribution is 0.261. The Labute approximate surface area is 96.6 Å². The quantitative estimate of drug-likeness (QED) is 0.365. The average Bonchev–Trinajstić information content (AvgIpc) is 2.25. The standard InChI is InChI=1S/C14H29N/c1-4-7-10-13-15(12-9-6-3)14-11-8-5-2/h4H,1,5-14H2,2-3H3. The topological polar surface area (TPSA) is 3.24 Å². The van der Waals surface area contributed by atoms with E-state index in [1.54, 1.807) is 0 Å². The van der Waals surface area contributed by atoms with Gasteiger partial charge in [0.1, 0.15) is 0 Å². The van der Waals surface area contributed by atoms with Crippen molar-refractivity contribution in [3.8, 4) is 0 Å². The third-order valence-electron chi connectivity index (χ3n) is 2.79. The lowest BCUT2D eigenvalue weighted by Crippen LogP contribution is -2.27. The zero-order chi connectivity index (χ0) is 11.4. The van der Waals surface area contributed by atoms with Gasteiger partial charge in [-0.3, -0.25) is 0 Å². The van der Waals surface area contributed by atoms with Crippen molar-refractivity contribution in [2.24, 2.45) is 0 Å². The molecule has 0 aromatic carbocycles. The van der Waals surface area contributed by atoms with E-state index in [0.717, 1.165) is 6.42 Å². The third-order valence-corrected chi connectivity index (χ3v) is 2.79. The molecule has 0 rings (SSSR count). The number of allylic oxidation sites excluding steroid dienone is 1. The molecular weight excluding hydrogens is 182 g/mol. The fraction of sp³-hybridized carbons (Fsp3) is 0.857. The van der Waals surface area contributed by atoms with E-state index in [1.165, 1.54) is 58.2 Å². The molecule has 1 heteroatoms. The van der Waals surface area contributed by atoms with E-state index < -0.39 is 0 Å². The molecule has 0 fully saturated rings. The second kappa shape index (κ2) is 11.8. The van der Waals surface area contributed by atoms with Gasteiger partial charge in [0, 0.05) is 0 Å². The van der Waals surface area contributed by atoms with Gasteiger partial charge in [0.05, 0.1) is 0 Å². The monoisotopic (exact) mass is 211 g/mol. The molecule has 0 radical (unpaired) electrons. The second-order valence-corrected chi connectivity index (χ2v) is 4.33. The molecule has 0 saturated heterocycles. The highest BCUT2D eigenvalue weighted by atomic mass is 15.1. The average molecular weight is 211 g/mol. The Hall–Kier alpha value is -0.300. The highest BCUT2D eigenvalue weighted by molar-refractivity contribution is 4.68. The van der Waals surface area contributed by atoms with Gasteiger partial charge < -0.3 is 4.90 Å². The molecule has 0 aliphatic rings. The minimum absolute atomic E-state index is 1.16. The van der Waals surface area contributed by atoms with Crippen molar-refractivity contribution in [3.63, 3.8) is 0 Å². The summed E-state index contributed by atoms with van der Waals surface area (Å²) in [5.74, 6) is 0. The Bertz CT molecular complexity index is 131. The van der Waals surface area contributed by atoms with Crippen molar-refractivity contribution < 1.29 is 0 Å². The van der Waals surface area contributed by atoms with Gasteiger partial charge in [-0.05, 0) is 45.3 Å². The van der Waals surface area contributed by atoms with Crippen LogP contribution in [0.25, 0.3) is 0 Å². The summed E-state index contributed by atoms with van der Waals surface area (Å²) in [6, 6.07) is 0. The Morgan fingerprint density at radius 3 is 2.07 bits per heavy atom. The molecule has 0 aromatic rings. The fourth-order valence-corrected chi connectivity index (χ4v) is 1.76. The van der Waals surface area contributed by atoms with Crippen LogP contribution in [0.5, 0.6) is 0 Å². The van der Waals surface area contributed by atoms with Gasteiger partial charge in [-0.15, -0.1) is 6.58 Å². The molecule has 0 spiro atoms. The summed E-state index contributed by atoms with van der Waals surface area (Å²) in [7, 11) is 0. The highest BCUT2D eigenvalue weighted by Crippen LogP contribution is 2.03. The van der Waals surface area contributed by atoms with Crippen molar-refractivity contribution in [2.75, 3.05) is 19.6 Å². The summed E-state index contributed by atoms with van der Waals surface area (Å²) in [6.45, 7) is 12.2. The molecule has 90 valence electrons. The summed E-state index contributed by atoms with van der Waals surface area (Å²) in [5, 5.41) is 0. The van der Waals surface area contributed by atoms with Gasteiger partial charge in [0.15, 0.2) is 0 Å². The maximum Gasteiger partial charge on any atom is -0.00158 e. The SMILES string of the molecule is C=CCCCN(CCCC)CCCCC. The van der Waals surface area contributed by atoms with E-state index in [-0.39, 0.29) is 0 Å². The van der Waals surface area contributed by atoms with E-state index in [0.29, 0.717) is 0 Å². The molecule has 1 nitrogen and oxygen atoms in total. The Balaban J connectivity index is 3.57. The maximum atomic E-state index is 3.78. The third kappa shape index (κ3) is 9.99. The summed E-state index contributed by atoms with van der Waals surface area (Å²) >= 11 is 0. The van der Waals surface area contributed by atoms with Gasteiger partial charge >= 0.3 is 0 Å². The predicted octanol–water partition coefficient (Wildman–Crippen LogP) is 4.24. The molecular formula is C14H29N. The minimum atomic E-state index is 1.16. The Morgan fingerprint density at radius 1 is 0.867 bits per heavy atom. The van der Waals surface area contributed by atoms with Crippen molar-refractivity contribution in [3.05, 3.63) is 12.7 Å². The van der Waals surface area contributed by atoms with Crippen molar-refractivity contribution in [2.45, 2.75) is 58.8 Å². The van der Waals surface area contributed by atoms with Crippen LogP contribution in [0.2, 0.25) is 0 Å².